The number of hydrogen-bond donors (Lipinski definition) is 2. The topological polar surface area (TPSA) is 83.0 Å². The highest BCUT2D eigenvalue weighted by atomic mass is 16.5. The first kappa shape index (κ1) is 17.1. The molecule has 0 saturated heterocycles. The number of hydrogen-bond acceptors (Lipinski definition) is 4. The number of ketones is 1. The molecule has 0 unspecified atom stereocenters. The molecular weight excluding hydrogens is 232 g/mol. The zero-order valence-corrected chi connectivity index (χ0v) is 11.7. The lowest BCUT2D eigenvalue weighted by Gasteiger charge is -2.12. The van der Waals surface area contributed by atoms with E-state index in [1.165, 1.54) is 13.3 Å². The molecule has 0 radical (unpaired) electrons. The van der Waals surface area contributed by atoms with E-state index in [2.05, 4.69) is 11.1 Å². The first-order valence-corrected chi connectivity index (χ1v) is 6.74. The molecule has 5 heteroatoms. The molecule has 0 bridgehead atoms. The molecule has 1 atom stereocenters. The Bertz CT molecular complexity index is 244. The summed E-state index contributed by atoms with van der Waals surface area (Å²) in [5.41, 5.74) is 3.79. The van der Waals surface area contributed by atoms with E-state index in [-0.39, 0.29) is 24.4 Å². The van der Waals surface area contributed by atoms with E-state index >= 15 is 0 Å². The van der Waals surface area contributed by atoms with Crippen molar-refractivity contribution >= 4 is 11.8 Å². The van der Waals surface area contributed by atoms with Gasteiger partial charge in [-0.25, -0.2) is 0 Å². The van der Waals surface area contributed by atoms with Gasteiger partial charge in [0.15, 0.2) is 0 Å². The minimum absolute atomic E-state index is 0.0153. The predicted molar refractivity (Wildman–Crippen MR) is 69.9 cm³/mol. The Morgan fingerprint density at radius 3 is 2.33 bits per heavy atom. The molecule has 0 spiro atoms. The maximum Gasteiger partial charge on any atom is 0.305 e. The van der Waals surface area contributed by atoms with Gasteiger partial charge in [-0.2, -0.15) is 0 Å². The van der Waals surface area contributed by atoms with Crippen molar-refractivity contribution in [3.05, 3.63) is 0 Å². The number of Topliss-reactive ketones (excluding diaryl/α,β-unsaturated/α-hetero) is 1. The highest BCUT2D eigenvalue weighted by Crippen LogP contribution is 2.05. The summed E-state index contributed by atoms with van der Waals surface area (Å²) in [7, 11) is 1.68. The molecule has 0 aromatic rings. The fourth-order valence-electron chi connectivity index (χ4n) is 1.63. The van der Waals surface area contributed by atoms with Crippen LogP contribution in [0.2, 0.25) is 0 Å². The molecule has 0 aliphatic rings. The molecular formula is C13H27N2O3+. The zero-order chi connectivity index (χ0) is 13.8. The Morgan fingerprint density at radius 1 is 1.17 bits per heavy atom. The third-order valence-electron chi connectivity index (χ3n) is 2.88. The number of carbonyl (C=O) groups is 2. The van der Waals surface area contributed by atoms with Crippen LogP contribution in [0.15, 0.2) is 0 Å². The molecule has 0 aromatic heterocycles. The lowest BCUT2D eigenvalue weighted by Crippen LogP contribution is -2.50. The van der Waals surface area contributed by atoms with Crippen molar-refractivity contribution < 1.29 is 20.1 Å². The molecule has 0 saturated carbocycles. The van der Waals surface area contributed by atoms with Crippen LogP contribution in [0.4, 0.5) is 0 Å². The number of quaternary nitrogens is 1. The second-order valence-electron chi connectivity index (χ2n) is 4.51. The second-order valence-corrected chi connectivity index (χ2v) is 4.51. The van der Waals surface area contributed by atoms with Crippen molar-refractivity contribution in [2.45, 2.75) is 51.5 Å². The molecule has 18 heavy (non-hydrogen) atoms. The van der Waals surface area contributed by atoms with Crippen LogP contribution in [0.25, 0.3) is 0 Å². The maximum atomic E-state index is 11.4. The molecule has 0 rings (SSSR count). The van der Waals surface area contributed by atoms with Gasteiger partial charge in [-0.15, -0.1) is 0 Å². The number of likely N-dealkylation sites (N-methyl/N-ethyl adjacent to an activating group) is 1. The smallest absolute Gasteiger partial charge is 0.305 e. The summed E-state index contributed by atoms with van der Waals surface area (Å²) < 4.78 is 5.05. The van der Waals surface area contributed by atoms with Gasteiger partial charge in [0, 0.05) is 6.42 Å². The summed E-state index contributed by atoms with van der Waals surface area (Å²) in [6.07, 6.45) is 5.85. The average molecular weight is 259 g/mol. The van der Waals surface area contributed by atoms with Crippen LogP contribution >= 0.6 is 0 Å². The molecule has 0 aliphatic carbocycles. The van der Waals surface area contributed by atoms with Gasteiger partial charge < -0.3 is 15.8 Å². The van der Waals surface area contributed by atoms with Gasteiger partial charge in [0.25, 0.3) is 0 Å². The molecule has 0 heterocycles. The molecule has 0 aromatic carbocycles. The summed E-state index contributed by atoms with van der Waals surface area (Å²) in [4.78, 5) is 22.5. The minimum Gasteiger partial charge on any atom is -0.464 e. The van der Waals surface area contributed by atoms with Crippen LogP contribution in [0.1, 0.15) is 45.4 Å². The van der Waals surface area contributed by atoms with Crippen LogP contribution < -0.4 is 11.1 Å². The standard InChI is InChI=1S/C13H26N2O3/c1-11(16)12(15-2)10-18-13(17)8-6-4-3-5-7-9-14/h12,15H,3-10,14H2,1-2H3/p+1/t12-/m0/s1. The van der Waals surface area contributed by atoms with Gasteiger partial charge in [0.05, 0.1) is 6.54 Å². The summed E-state index contributed by atoms with van der Waals surface area (Å²) in [5.74, 6) is -0.230. The van der Waals surface area contributed by atoms with E-state index in [9.17, 15) is 9.59 Å². The van der Waals surface area contributed by atoms with E-state index < -0.39 is 0 Å². The van der Waals surface area contributed by atoms with E-state index in [0.717, 1.165) is 32.2 Å². The normalized spacial score (nSPS) is 12.2. The fraction of sp³-hybridized carbons (Fsp3) is 0.846. The monoisotopic (exact) mass is 259 g/mol. The lowest BCUT2D eigenvalue weighted by atomic mass is 10.1. The van der Waals surface area contributed by atoms with E-state index in [1.54, 1.807) is 7.05 Å². The van der Waals surface area contributed by atoms with Gasteiger partial charge in [-0.3, -0.25) is 9.59 Å². The van der Waals surface area contributed by atoms with Gasteiger partial charge in [-0.05, 0) is 33.2 Å². The van der Waals surface area contributed by atoms with Crippen LogP contribution in [-0.2, 0) is 14.3 Å². The van der Waals surface area contributed by atoms with Crippen LogP contribution in [0.3, 0.4) is 0 Å². The summed E-state index contributed by atoms with van der Waals surface area (Å²) in [6.45, 7) is 2.60. The minimum atomic E-state index is -0.383. The van der Waals surface area contributed by atoms with Crippen LogP contribution in [0, 0.1) is 0 Å². The SMILES string of the molecule is CN[C@@H](COC(=O)CCCCCCC[NH3+])C(C)=O. The van der Waals surface area contributed by atoms with Crippen molar-refractivity contribution in [1.29, 1.82) is 0 Å². The zero-order valence-electron chi connectivity index (χ0n) is 11.7. The third kappa shape index (κ3) is 9.13. The average Bonchev–Trinajstić information content (AvgIpc) is 2.34. The highest BCUT2D eigenvalue weighted by molar-refractivity contribution is 5.82. The number of ether oxygens (including phenoxy) is 1. The molecule has 5 nitrogen and oxygen atoms in total. The van der Waals surface area contributed by atoms with Gasteiger partial charge in [0.2, 0.25) is 0 Å². The lowest BCUT2D eigenvalue weighted by molar-refractivity contribution is -0.368. The van der Waals surface area contributed by atoms with Crippen molar-refractivity contribution in [3.63, 3.8) is 0 Å². The largest absolute Gasteiger partial charge is 0.464 e. The van der Waals surface area contributed by atoms with E-state index in [4.69, 9.17) is 4.74 Å². The molecule has 0 aliphatic heterocycles. The maximum absolute atomic E-state index is 11.4. The number of unbranched alkanes of at least 4 members (excludes halogenated alkanes) is 4. The Balaban J connectivity index is 3.50. The number of esters is 1. The molecule has 0 amide bonds. The number of rotatable bonds is 11. The van der Waals surface area contributed by atoms with Crippen molar-refractivity contribution in [2.24, 2.45) is 0 Å². The van der Waals surface area contributed by atoms with E-state index in [1.807, 2.05) is 0 Å². The molecule has 4 N–H and O–H groups in total. The van der Waals surface area contributed by atoms with Crippen LogP contribution in [0.5, 0.6) is 0 Å². The summed E-state index contributed by atoms with van der Waals surface area (Å²) in [5, 5.41) is 2.81. The Kier molecular flexibility index (Phi) is 10.6. The quantitative estimate of drug-likeness (QED) is 0.413. The van der Waals surface area contributed by atoms with Crippen molar-refractivity contribution in [2.75, 3.05) is 20.2 Å². The van der Waals surface area contributed by atoms with Crippen molar-refractivity contribution in [3.8, 4) is 0 Å². The number of nitrogens with one attached hydrogen (secondary N) is 1. The predicted octanol–water partition coefficient (Wildman–Crippen LogP) is 0.289. The second kappa shape index (κ2) is 11.2. The molecule has 0 fully saturated rings. The van der Waals surface area contributed by atoms with E-state index in [0.29, 0.717) is 6.42 Å². The van der Waals surface area contributed by atoms with Gasteiger partial charge in [-0.1, -0.05) is 12.8 Å². The Morgan fingerprint density at radius 2 is 1.78 bits per heavy atom. The first-order chi connectivity index (χ1) is 8.61. The first-order valence-electron chi connectivity index (χ1n) is 6.74. The molecule has 106 valence electrons. The van der Waals surface area contributed by atoms with Gasteiger partial charge in [0.1, 0.15) is 18.4 Å². The van der Waals surface area contributed by atoms with Crippen molar-refractivity contribution in [1.82, 2.24) is 5.32 Å². The Labute approximate surface area is 109 Å². The summed E-state index contributed by atoms with van der Waals surface area (Å²) in [6, 6.07) is -0.383. The summed E-state index contributed by atoms with van der Waals surface area (Å²) >= 11 is 0. The van der Waals surface area contributed by atoms with Gasteiger partial charge >= 0.3 is 5.97 Å². The Hall–Kier alpha value is -0.940. The fourth-order valence-corrected chi connectivity index (χ4v) is 1.63. The van der Waals surface area contributed by atoms with Crippen LogP contribution in [-0.4, -0.2) is 38.0 Å². The number of carbonyl (C=O) groups excluding carboxylic acids is 2. The third-order valence-corrected chi connectivity index (χ3v) is 2.88. The highest BCUT2D eigenvalue weighted by Gasteiger charge is 2.13.